The highest BCUT2D eigenvalue weighted by Crippen LogP contribution is 2.22. The third-order valence-corrected chi connectivity index (χ3v) is 4.08. The van der Waals surface area contributed by atoms with Crippen LogP contribution in [-0.2, 0) is 10.0 Å². The fraction of sp³-hybridized carbons (Fsp3) is 0.500. The van der Waals surface area contributed by atoms with E-state index in [2.05, 4.69) is 10.0 Å². The average Bonchev–Trinajstić information content (AvgIpc) is 2.37. The van der Waals surface area contributed by atoms with Gasteiger partial charge in [-0.3, -0.25) is 0 Å². The molecule has 4 nitrogen and oxygen atoms in total. The van der Waals surface area contributed by atoms with E-state index in [1.165, 1.54) is 19.2 Å². The van der Waals surface area contributed by atoms with E-state index in [9.17, 15) is 21.6 Å². The van der Waals surface area contributed by atoms with E-state index in [0.717, 1.165) is 0 Å². The summed E-state index contributed by atoms with van der Waals surface area (Å²) in [7, 11) is -2.14. The largest absolute Gasteiger partial charge is 0.389 e. The van der Waals surface area contributed by atoms with Crippen LogP contribution in [0.25, 0.3) is 0 Å². The van der Waals surface area contributed by atoms with Gasteiger partial charge < -0.3 is 5.32 Å². The van der Waals surface area contributed by atoms with E-state index in [-0.39, 0.29) is 11.3 Å². The number of halogens is 3. The molecule has 8 heteroatoms. The van der Waals surface area contributed by atoms with Crippen molar-refractivity contribution in [2.24, 2.45) is 0 Å². The van der Waals surface area contributed by atoms with Gasteiger partial charge in [-0.15, -0.1) is 0 Å². The maximum absolute atomic E-state index is 11.9. The van der Waals surface area contributed by atoms with Gasteiger partial charge in [0.25, 0.3) is 0 Å². The number of sulfonamides is 1. The minimum Gasteiger partial charge on any atom is -0.385 e. The molecule has 0 radical (unpaired) electrons. The van der Waals surface area contributed by atoms with Gasteiger partial charge in [-0.1, -0.05) is 0 Å². The summed E-state index contributed by atoms with van der Waals surface area (Å²) in [5, 5.41) is 2.94. The van der Waals surface area contributed by atoms with Crippen molar-refractivity contribution in [2.75, 3.05) is 18.9 Å². The molecule has 0 atom stereocenters. The van der Waals surface area contributed by atoms with Gasteiger partial charge in [-0.05, 0) is 44.2 Å². The monoisotopic (exact) mass is 310 g/mol. The molecule has 0 spiro atoms. The molecule has 1 aromatic carbocycles. The summed E-state index contributed by atoms with van der Waals surface area (Å²) in [6, 6.07) is 6.02. The molecule has 0 aliphatic rings. The first-order chi connectivity index (χ1) is 9.24. The summed E-state index contributed by atoms with van der Waals surface area (Å²) in [4.78, 5) is 0.141. The molecule has 2 N–H and O–H groups in total. The Morgan fingerprint density at radius 1 is 1.10 bits per heavy atom. The summed E-state index contributed by atoms with van der Waals surface area (Å²) < 4.78 is 60.9. The molecule has 0 amide bonds. The molecule has 0 aromatic heterocycles. The van der Waals surface area contributed by atoms with Crippen LogP contribution in [0.3, 0.4) is 0 Å². The predicted molar refractivity (Wildman–Crippen MR) is 71.1 cm³/mol. The van der Waals surface area contributed by atoms with Crippen LogP contribution in [-0.4, -0.2) is 28.2 Å². The molecule has 0 bridgehead atoms. The smallest absolute Gasteiger partial charge is 0.385 e. The van der Waals surface area contributed by atoms with Gasteiger partial charge in [-0.2, -0.15) is 13.2 Å². The first kappa shape index (κ1) is 16.8. The maximum Gasteiger partial charge on any atom is 0.389 e. The standard InChI is InChI=1S/C12H17F3N2O2S/c1-16-20(18,19)11-6-4-10(5-7-11)17-9-3-2-8-12(13,14)15/h4-7,16-17H,2-3,8-9H2,1H3. The van der Waals surface area contributed by atoms with Crippen LogP contribution >= 0.6 is 0 Å². The van der Waals surface area contributed by atoms with Crippen LogP contribution in [0.2, 0.25) is 0 Å². The zero-order valence-electron chi connectivity index (χ0n) is 11.0. The van der Waals surface area contributed by atoms with Crippen molar-refractivity contribution in [3.05, 3.63) is 24.3 Å². The Kier molecular flexibility index (Phi) is 5.82. The Morgan fingerprint density at radius 3 is 2.20 bits per heavy atom. The Balaban J connectivity index is 2.40. The summed E-state index contributed by atoms with van der Waals surface area (Å²) in [6.07, 6.45) is -4.42. The second-order valence-electron chi connectivity index (χ2n) is 4.23. The topological polar surface area (TPSA) is 58.2 Å². The number of benzene rings is 1. The number of rotatable bonds is 7. The third-order valence-electron chi connectivity index (χ3n) is 2.65. The number of anilines is 1. The summed E-state index contributed by atoms with van der Waals surface area (Å²) in [5.74, 6) is 0. The lowest BCUT2D eigenvalue weighted by Crippen LogP contribution is -2.18. The van der Waals surface area contributed by atoms with Crippen molar-refractivity contribution in [1.29, 1.82) is 0 Å². The molecule has 0 unspecified atom stereocenters. The van der Waals surface area contributed by atoms with Crippen LogP contribution in [0.5, 0.6) is 0 Å². The zero-order valence-corrected chi connectivity index (χ0v) is 11.8. The molecule has 0 fully saturated rings. The highest BCUT2D eigenvalue weighted by atomic mass is 32.2. The Hall–Kier alpha value is -1.28. The van der Waals surface area contributed by atoms with E-state index >= 15 is 0 Å². The van der Waals surface area contributed by atoms with Crippen LogP contribution in [0.4, 0.5) is 18.9 Å². The summed E-state index contributed by atoms with van der Waals surface area (Å²) >= 11 is 0. The summed E-state index contributed by atoms with van der Waals surface area (Å²) in [5.41, 5.74) is 0.673. The predicted octanol–water partition coefficient (Wildman–Crippen LogP) is 2.74. The lowest BCUT2D eigenvalue weighted by atomic mass is 10.2. The van der Waals surface area contributed by atoms with Crippen LogP contribution in [0.15, 0.2) is 29.2 Å². The molecule has 1 rings (SSSR count). The average molecular weight is 310 g/mol. The number of nitrogens with one attached hydrogen (secondary N) is 2. The minimum absolute atomic E-state index is 0.0721. The van der Waals surface area contributed by atoms with Gasteiger partial charge >= 0.3 is 6.18 Å². The van der Waals surface area contributed by atoms with E-state index in [1.807, 2.05) is 0 Å². The van der Waals surface area contributed by atoms with E-state index in [0.29, 0.717) is 18.7 Å². The van der Waals surface area contributed by atoms with Gasteiger partial charge in [0, 0.05) is 18.7 Å². The number of hydrogen-bond acceptors (Lipinski definition) is 3. The first-order valence-corrected chi connectivity index (χ1v) is 7.57. The minimum atomic E-state index is -4.11. The molecular weight excluding hydrogens is 293 g/mol. The molecule has 114 valence electrons. The summed E-state index contributed by atoms with van der Waals surface area (Å²) in [6.45, 7) is 0.411. The van der Waals surface area contributed by atoms with Crippen molar-refractivity contribution in [3.63, 3.8) is 0 Å². The van der Waals surface area contributed by atoms with Gasteiger partial charge in [0.2, 0.25) is 10.0 Å². The van der Waals surface area contributed by atoms with Crippen molar-refractivity contribution in [1.82, 2.24) is 4.72 Å². The van der Waals surface area contributed by atoms with Crippen LogP contribution < -0.4 is 10.0 Å². The number of hydrogen-bond donors (Lipinski definition) is 2. The Bertz CT molecular complexity index is 512. The van der Waals surface area contributed by atoms with Crippen LogP contribution in [0.1, 0.15) is 19.3 Å². The van der Waals surface area contributed by atoms with Crippen molar-refractivity contribution < 1.29 is 21.6 Å². The second kappa shape index (κ2) is 6.94. The second-order valence-corrected chi connectivity index (χ2v) is 6.12. The van der Waals surface area contributed by atoms with E-state index < -0.39 is 22.6 Å². The third kappa shape index (κ3) is 5.79. The molecule has 0 saturated heterocycles. The zero-order chi connectivity index (χ0) is 15.2. The SMILES string of the molecule is CNS(=O)(=O)c1ccc(NCCCCC(F)(F)F)cc1. The number of alkyl halides is 3. The van der Waals surface area contributed by atoms with E-state index in [1.54, 1.807) is 12.1 Å². The lowest BCUT2D eigenvalue weighted by Gasteiger charge is -2.09. The fourth-order valence-electron chi connectivity index (χ4n) is 1.55. The molecule has 0 aliphatic carbocycles. The van der Waals surface area contributed by atoms with Crippen molar-refractivity contribution >= 4 is 15.7 Å². The highest BCUT2D eigenvalue weighted by molar-refractivity contribution is 7.89. The van der Waals surface area contributed by atoms with Gasteiger partial charge in [0.05, 0.1) is 4.90 Å². The highest BCUT2D eigenvalue weighted by Gasteiger charge is 2.25. The van der Waals surface area contributed by atoms with Crippen molar-refractivity contribution in [3.8, 4) is 0 Å². The normalized spacial score (nSPS) is 12.4. The lowest BCUT2D eigenvalue weighted by molar-refractivity contribution is -0.135. The molecule has 0 saturated carbocycles. The quantitative estimate of drug-likeness (QED) is 0.761. The maximum atomic E-state index is 11.9. The van der Waals surface area contributed by atoms with Crippen LogP contribution in [0, 0.1) is 0 Å². The van der Waals surface area contributed by atoms with Gasteiger partial charge in [0.15, 0.2) is 0 Å². The molecule has 1 aromatic rings. The molecule has 0 heterocycles. The molecule has 20 heavy (non-hydrogen) atoms. The van der Waals surface area contributed by atoms with Gasteiger partial charge in [-0.25, -0.2) is 13.1 Å². The van der Waals surface area contributed by atoms with Crippen molar-refractivity contribution in [2.45, 2.75) is 30.3 Å². The van der Waals surface area contributed by atoms with E-state index in [4.69, 9.17) is 0 Å². The first-order valence-electron chi connectivity index (χ1n) is 6.09. The number of unbranched alkanes of at least 4 members (excludes halogenated alkanes) is 1. The van der Waals surface area contributed by atoms with Gasteiger partial charge in [0.1, 0.15) is 0 Å². The Morgan fingerprint density at radius 2 is 1.70 bits per heavy atom. The fourth-order valence-corrected chi connectivity index (χ4v) is 2.28. The molecule has 0 aliphatic heterocycles. The Labute approximate surface area is 116 Å². The molecular formula is C12H17F3N2O2S.